The summed E-state index contributed by atoms with van der Waals surface area (Å²) in [5, 5.41) is 10.6. The van der Waals surface area contributed by atoms with E-state index in [0.717, 1.165) is 50.4 Å². The number of hydrogen-bond donors (Lipinski definition) is 1. The Kier molecular flexibility index (Phi) is 6.16. The van der Waals surface area contributed by atoms with Crippen LogP contribution in [0.5, 0.6) is 0 Å². The van der Waals surface area contributed by atoms with Crippen LogP contribution in [0.4, 0.5) is 0 Å². The lowest BCUT2D eigenvalue weighted by Gasteiger charge is -2.34. The fourth-order valence-corrected chi connectivity index (χ4v) is 3.53. The number of likely N-dealkylation sites (tertiary alicyclic amines) is 1. The van der Waals surface area contributed by atoms with Crippen molar-refractivity contribution >= 4 is 0 Å². The van der Waals surface area contributed by atoms with E-state index in [2.05, 4.69) is 40.8 Å². The number of rotatable bonds is 6. The van der Waals surface area contributed by atoms with E-state index < -0.39 is 0 Å². The van der Waals surface area contributed by atoms with Gasteiger partial charge < -0.3 is 5.11 Å². The van der Waals surface area contributed by atoms with E-state index in [1.54, 1.807) is 0 Å². The van der Waals surface area contributed by atoms with Gasteiger partial charge in [-0.25, -0.2) is 9.97 Å². The molecule has 0 amide bonds. The SMILES string of the molecule is CC(C)c1nccc(CN2CCC(C(O)Cc3ccccc3)CC2)n1. The van der Waals surface area contributed by atoms with Crippen molar-refractivity contribution < 1.29 is 5.11 Å². The molecule has 0 aliphatic carbocycles. The van der Waals surface area contributed by atoms with Crippen LogP contribution in [-0.2, 0) is 13.0 Å². The molecule has 1 N–H and O–H groups in total. The van der Waals surface area contributed by atoms with Gasteiger partial charge in [-0.05, 0) is 49.9 Å². The summed E-state index contributed by atoms with van der Waals surface area (Å²) in [5.41, 5.74) is 2.32. The summed E-state index contributed by atoms with van der Waals surface area (Å²) < 4.78 is 0. The zero-order valence-corrected chi connectivity index (χ0v) is 15.3. The molecule has 1 saturated heterocycles. The first kappa shape index (κ1) is 18.0. The van der Waals surface area contributed by atoms with Gasteiger partial charge in [0.05, 0.1) is 11.8 Å². The van der Waals surface area contributed by atoms with Crippen LogP contribution in [0, 0.1) is 5.92 Å². The fraction of sp³-hybridized carbons (Fsp3) is 0.524. The third-order valence-electron chi connectivity index (χ3n) is 5.10. The first-order chi connectivity index (χ1) is 12.1. The molecule has 1 unspecified atom stereocenters. The van der Waals surface area contributed by atoms with E-state index in [4.69, 9.17) is 0 Å². The summed E-state index contributed by atoms with van der Waals surface area (Å²) in [6.45, 7) is 7.18. The van der Waals surface area contributed by atoms with Crippen LogP contribution >= 0.6 is 0 Å². The van der Waals surface area contributed by atoms with Crippen molar-refractivity contribution in [2.45, 2.75) is 51.7 Å². The van der Waals surface area contributed by atoms with Gasteiger partial charge in [-0.3, -0.25) is 4.90 Å². The van der Waals surface area contributed by atoms with Crippen LogP contribution in [0.1, 0.15) is 49.7 Å². The number of aliphatic hydroxyl groups is 1. The van der Waals surface area contributed by atoms with Crippen molar-refractivity contribution in [3.8, 4) is 0 Å². The van der Waals surface area contributed by atoms with Crippen molar-refractivity contribution in [1.82, 2.24) is 14.9 Å². The maximum atomic E-state index is 10.6. The van der Waals surface area contributed by atoms with Gasteiger partial charge in [-0.2, -0.15) is 0 Å². The lowest BCUT2D eigenvalue weighted by atomic mass is 9.88. The highest BCUT2D eigenvalue weighted by atomic mass is 16.3. The molecule has 1 aromatic heterocycles. The second-order valence-electron chi connectivity index (χ2n) is 7.43. The quantitative estimate of drug-likeness (QED) is 0.876. The van der Waals surface area contributed by atoms with Crippen LogP contribution in [0.3, 0.4) is 0 Å². The lowest BCUT2D eigenvalue weighted by molar-refractivity contribution is 0.0573. The third-order valence-corrected chi connectivity index (χ3v) is 5.10. The Hall–Kier alpha value is -1.78. The third kappa shape index (κ3) is 5.10. The van der Waals surface area contributed by atoms with Gasteiger partial charge >= 0.3 is 0 Å². The van der Waals surface area contributed by atoms with Crippen LogP contribution in [0.25, 0.3) is 0 Å². The number of aromatic nitrogens is 2. The molecular formula is C21H29N3O. The molecule has 1 fully saturated rings. The molecule has 3 rings (SSSR count). The molecule has 1 atom stereocenters. The summed E-state index contributed by atoms with van der Waals surface area (Å²) in [4.78, 5) is 11.5. The van der Waals surface area contributed by atoms with E-state index in [9.17, 15) is 5.11 Å². The first-order valence-electron chi connectivity index (χ1n) is 9.38. The second-order valence-corrected chi connectivity index (χ2v) is 7.43. The van der Waals surface area contributed by atoms with E-state index >= 15 is 0 Å². The van der Waals surface area contributed by atoms with Gasteiger partial charge in [0.25, 0.3) is 0 Å². The maximum absolute atomic E-state index is 10.6. The minimum atomic E-state index is -0.240. The highest BCUT2D eigenvalue weighted by Crippen LogP contribution is 2.24. The average molecular weight is 339 g/mol. The number of piperidine rings is 1. The Bertz CT molecular complexity index is 651. The van der Waals surface area contributed by atoms with Crippen LogP contribution < -0.4 is 0 Å². The Morgan fingerprint density at radius 1 is 1.12 bits per heavy atom. The predicted octanol–water partition coefficient (Wildman–Crippen LogP) is 3.42. The van der Waals surface area contributed by atoms with Gasteiger partial charge in [0.15, 0.2) is 0 Å². The van der Waals surface area contributed by atoms with Crippen molar-refractivity contribution in [2.24, 2.45) is 5.92 Å². The summed E-state index contributed by atoms with van der Waals surface area (Å²) in [6, 6.07) is 12.3. The van der Waals surface area contributed by atoms with Crippen LogP contribution in [-0.4, -0.2) is 39.2 Å². The molecule has 0 radical (unpaired) electrons. The smallest absolute Gasteiger partial charge is 0.131 e. The summed E-state index contributed by atoms with van der Waals surface area (Å²) in [6.07, 6.45) is 4.49. The molecule has 0 spiro atoms. The molecule has 1 aliphatic rings. The molecule has 1 aliphatic heterocycles. The van der Waals surface area contributed by atoms with E-state index in [-0.39, 0.29) is 6.10 Å². The molecule has 0 saturated carbocycles. The monoisotopic (exact) mass is 339 g/mol. The molecule has 2 aromatic rings. The molecule has 25 heavy (non-hydrogen) atoms. The summed E-state index contributed by atoms with van der Waals surface area (Å²) in [7, 11) is 0. The Morgan fingerprint density at radius 3 is 2.52 bits per heavy atom. The van der Waals surface area contributed by atoms with Gasteiger partial charge in [0.1, 0.15) is 5.82 Å². The van der Waals surface area contributed by atoms with Crippen molar-refractivity contribution in [3.63, 3.8) is 0 Å². The molecule has 4 nitrogen and oxygen atoms in total. The highest BCUT2D eigenvalue weighted by Gasteiger charge is 2.25. The average Bonchev–Trinajstić information content (AvgIpc) is 2.63. The molecule has 4 heteroatoms. The zero-order chi connectivity index (χ0) is 17.6. The molecule has 1 aromatic carbocycles. The Morgan fingerprint density at radius 2 is 1.84 bits per heavy atom. The van der Waals surface area contributed by atoms with Crippen molar-refractivity contribution in [1.29, 1.82) is 0 Å². The number of hydrogen-bond acceptors (Lipinski definition) is 4. The number of nitrogens with zero attached hydrogens (tertiary/aromatic N) is 3. The summed E-state index contributed by atoms with van der Waals surface area (Å²) in [5.74, 6) is 1.68. The van der Waals surface area contributed by atoms with E-state index in [1.165, 1.54) is 5.56 Å². The molecule has 2 heterocycles. The van der Waals surface area contributed by atoms with Gasteiger partial charge in [-0.1, -0.05) is 44.2 Å². The normalized spacial score (nSPS) is 17.8. The van der Waals surface area contributed by atoms with E-state index in [0.29, 0.717) is 11.8 Å². The molecule has 0 bridgehead atoms. The van der Waals surface area contributed by atoms with Crippen LogP contribution in [0.15, 0.2) is 42.6 Å². The molecular weight excluding hydrogens is 310 g/mol. The second kappa shape index (κ2) is 8.54. The zero-order valence-electron chi connectivity index (χ0n) is 15.3. The first-order valence-corrected chi connectivity index (χ1v) is 9.38. The van der Waals surface area contributed by atoms with Crippen molar-refractivity contribution in [2.75, 3.05) is 13.1 Å². The number of benzene rings is 1. The topological polar surface area (TPSA) is 49.2 Å². The highest BCUT2D eigenvalue weighted by molar-refractivity contribution is 5.15. The lowest BCUT2D eigenvalue weighted by Crippen LogP contribution is -2.38. The predicted molar refractivity (Wildman–Crippen MR) is 100 cm³/mol. The van der Waals surface area contributed by atoms with Gasteiger partial charge in [0, 0.05) is 18.7 Å². The fourth-order valence-electron chi connectivity index (χ4n) is 3.53. The minimum absolute atomic E-state index is 0.240. The van der Waals surface area contributed by atoms with Crippen molar-refractivity contribution in [3.05, 3.63) is 59.7 Å². The maximum Gasteiger partial charge on any atom is 0.131 e. The summed E-state index contributed by atoms with van der Waals surface area (Å²) >= 11 is 0. The largest absolute Gasteiger partial charge is 0.392 e. The van der Waals surface area contributed by atoms with Crippen LogP contribution in [0.2, 0.25) is 0 Å². The Labute approximate surface area is 150 Å². The minimum Gasteiger partial charge on any atom is -0.392 e. The van der Waals surface area contributed by atoms with Gasteiger partial charge in [-0.15, -0.1) is 0 Å². The standard InChI is InChI=1S/C21H29N3O/c1-16(2)21-22-11-8-19(23-21)15-24-12-9-18(10-13-24)20(25)14-17-6-4-3-5-7-17/h3-8,11,16,18,20,25H,9-10,12-15H2,1-2H3. The van der Waals surface area contributed by atoms with Gasteiger partial charge in [0.2, 0.25) is 0 Å². The Balaban J connectivity index is 1.49. The van der Waals surface area contributed by atoms with E-state index in [1.807, 2.05) is 30.5 Å². The molecule has 134 valence electrons. The number of aliphatic hydroxyl groups excluding tert-OH is 1.